The monoisotopic (exact) mass is 363 g/mol. The minimum Gasteiger partial charge on any atom is -0.482 e. The molecule has 0 aliphatic rings. The maximum Gasteiger partial charge on any atom is 0.341 e. The number of anilines is 3. The molecule has 0 saturated heterocycles. The molecule has 0 aliphatic heterocycles. The number of nitrogens with two attached hydrogens (primary N) is 1. The highest BCUT2D eigenvalue weighted by molar-refractivity contribution is 5.87. The van der Waals surface area contributed by atoms with E-state index in [1.54, 1.807) is 48.7 Å². The van der Waals surface area contributed by atoms with E-state index < -0.39 is 12.6 Å². The molecule has 3 rings (SSSR count). The number of benzene rings is 2. The Morgan fingerprint density at radius 1 is 1.26 bits per heavy atom. The molecule has 0 amide bonds. The largest absolute Gasteiger partial charge is 0.482 e. The molecule has 0 saturated carbocycles. The maximum absolute atomic E-state index is 10.6. The van der Waals surface area contributed by atoms with Crippen molar-refractivity contribution in [3.05, 3.63) is 60.3 Å². The second-order valence-electron chi connectivity index (χ2n) is 5.59. The lowest BCUT2D eigenvalue weighted by Crippen LogP contribution is -2.09. The molecule has 0 unspecified atom stereocenters. The van der Waals surface area contributed by atoms with Gasteiger partial charge in [-0.05, 0) is 36.4 Å². The minimum absolute atomic E-state index is 0.418. The highest BCUT2D eigenvalue weighted by Gasteiger charge is 2.07. The van der Waals surface area contributed by atoms with Crippen LogP contribution < -0.4 is 15.8 Å². The van der Waals surface area contributed by atoms with Crippen LogP contribution in [0.5, 0.6) is 5.75 Å². The van der Waals surface area contributed by atoms with E-state index >= 15 is 0 Å². The second kappa shape index (κ2) is 7.96. The van der Waals surface area contributed by atoms with Gasteiger partial charge in [-0.2, -0.15) is 0 Å². The molecular weight excluding hydrogens is 346 g/mol. The Hall–Kier alpha value is -3.94. The molecule has 5 N–H and O–H groups in total. The van der Waals surface area contributed by atoms with Crippen molar-refractivity contribution in [3.8, 4) is 17.1 Å². The smallest absolute Gasteiger partial charge is 0.341 e. The third-order valence-electron chi connectivity index (χ3n) is 3.62. The van der Waals surface area contributed by atoms with Crippen molar-refractivity contribution < 1.29 is 14.6 Å². The fourth-order valence-electron chi connectivity index (χ4n) is 2.36. The van der Waals surface area contributed by atoms with Gasteiger partial charge in [-0.1, -0.05) is 12.1 Å². The molecule has 1 aromatic heterocycles. The lowest BCUT2D eigenvalue weighted by molar-refractivity contribution is -0.139. The summed E-state index contributed by atoms with van der Waals surface area (Å²) in [4.78, 5) is 19.4. The molecule has 2 aromatic carbocycles. The van der Waals surface area contributed by atoms with Crippen molar-refractivity contribution in [1.82, 2.24) is 9.97 Å². The van der Waals surface area contributed by atoms with Gasteiger partial charge in [0.15, 0.2) is 12.4 Å². The predicted octanol–water partition coefficient (Wildman–Crippen LogP) is 2.93. The van der Waals surface area contributed by atoms with Crippen molar-refractivity contribution in [2.24, 2.45) is 0 Å². The number of aromatic nitrogens is 2. The molecule has 3 aromatic rings. The average molecular weight is 363 g/mol. The van der Waals surface area contributed by atoms with Gasteiger partial charge in [0.05, 0.1) is 0 Å². The van der Waals surface area contributed by atoms with Crippen molar-refractivity contribution in [3.63, 3.8) is 0 Å². The lowest BCUT2D eigenvalue weighted by atomic mass is 10.1. The predicted molar refractivity (Wildman–Crippen MR) is 103 cm³/mol. The van der Waals surface area contributed by atoms with E-state index in [2.05, 4.69) is 15.3 Å². The van der Waals surface area contributed by atoms with Gasteiger partial charge in [0, 0.05) is 34.9 Å². The first-order valence-corrected chi connectivity index (χ1v) is 8.00. The highest BCUT2D eigenvalue weighted by Crippen LogP contribution is 2.24. The van der Waals surface area contributed by atoms with Gasteiger partial charge in [0.1, 0.15) is 11.6 Å². The third-order valence-corrected chi connectivity index (χ3v) is 3.62. The zero-order chi connectivity index (χ0) is 19.2. The molecule has 0 aliphatic carbocycles. The Morgan fingerprint density at radius 2 is 2.11 bits per heavy atom. The average Bonchev–Trinajstić information content (AvgIpc) is 2.68. The molecular formula is C19H17N5O3. The lowest BCUT2D eigenvalue weighted by Gasteiger charge is -2.09. The summed E-state index contributed by atoms with van der Waals surface area (Å²) in [7, 11) is 0. The number of hydrogen-bond acceptors (Lipinski definition) is 7. The van der Waals surface area contributed by atoms with Crippen LogP contribution in [0.2, 0.25) is 0 Å². The number of carboxylic acids is 1. The van der Waals surface area contributed by atoms with E-state index in [0.717, 1.165) is 5.69 Å². The summed E-state index contributed by atoms with van der Waals surface area (Å²) in [6.45, 7) is -0.418. The number of carbonyl (C=O) groups is 1. The Balaban J connectivity index is 1.82. The Morgan fingerprint density at radius 3 is 2.89 bits per heavy atom. The molecule has 0 atom stereocenters. The zero-order valence-electron chi connectivity index (χ0n) is 14.2. The summed E-state index contributed by atoms with van der Waals surface area (Å²) < 4.78 is 5.19. The first-order chi connectivity index (χ1) is 13.0. The van der Waals surface area contributed by atoms with Crippen LogP contribution in [0.15, 0.2) is 54.7 Å². The summed E-state index contributed by atoms with van der Waals surface area (Å²) in [6.07, 6.45) is 2.80. The van der Waals surface area contributed by atoms with Gasteiger partial charge >= 0.3 is 5.97 Å². The van der Waals surface area contributed by atoms with Crippen molar-refractivity contribution in [1.29, 1.82) is 5.41 Å². The maximum atomic E-state index is 10.6. The van der Waals surface area contributed by atoms with Gasteiger partial charge in [-0.15, -0.1) is 0 Å². The number of nitrogen functional groups attached to an aromatic ring is 1. The highest BCUT2D eigenvalue weighted by atomic mass is 16.5. The Kier molecular flexibility index (Phi) is 5.27. The molecule has 1 heterocycles. The molecule has 8 nitrogen and oxygen atoms in total. The van der Waals surface area contributed by atoms with Crippen LogP contribution in [-0.4, -0.2) is 33.9 Å². The third kappa shape index (κ3) is 4.57. The van der Waals surface area contributed by atoms with E-state index in [1.807, 2.05) is 6.07 Å². The normalized spacial score (nSPS) is 10.2. The topological polar surface area (TPSA) is 134 Å². The van der Waals surface area contributed by atoms with Crippen molar-refractivity contribution in [2.75, 3.05) is 17.7 Å². The summed E-state index contributed by atoms with van der Waals surface area (Å²) in [6, 6.07) is 13.9. The van der Waals surface area contributed by atoms with E-state index in [0.29, 0.717) is 34.2 Å². The summed E-state index contributed by atoms with van der Waals surface area (Å²) in [5, 5.41) is 19.2. The van der Waals surface area contributed by atoms with E-state index in [1.165, 1.54) is 6.21 Å². The minimum atomic E-state index is -1.05. The van der Waals surface area contributed by atoms with Crippen LogP contribution in [0, 0.1) is 5.41 Å². The molecule has 0 radical (unpaired) electrons. The standard InChI is InChI=1S/C19H17N5O3/c20-10-13-8-14(4-5-16(13)21)23-17-6-7-22-19(24-17)12-2-1-3-15(9-12)27-11-18(25)26/h1-10,20H,11,21H2,(H,25,26)(H,22,23,24). The first-order valence-electron chi connectivity index (χ1n) is 8.00. The number of rotatable bonds is 7. The Labute approximate surface area is 155 Å². The number of aliphatic carboxylic acids is 1. The van der Waals surface area contributed by atoms with E-state index in [-0.39, 0.29) is 0 Å². The Bertz CT molecular complexity index is 991. The van der Waals surface area contributed by atoms with Crippen LogP contribution >= 0.6 is 0 Å². The molecule has 0 bridgehead atoms. The van der Waals surface area contributed by atoms with Crippen LogP contribution in [0.25, 0.3) is 11.4 Å². The zero-order valence-corrected chi connectivity index (χ0v) is 14.2. The van der Waals surface area contributed by atoms with Crippen LogP contribution in [-0.2, 0) is 4.79 Å². The number of hydrogen-bond donors (Lipinski definition) is 4. The number of ether oxygens (including phenoxy) is 1. The quantitative estimate of drug-likeness (QED) is 0.374. The first kappa shape index (κ1) is 17.9. The van der Waals surface area contributed by atoms with Gasteiger partial charge in [0.2, 0.25) is 0 Å². The molecule has 0 spiro atoms. The second-order valence-corrected chi connectivity index (χ2v) is 5.59. The van der Waals surface area contributed by atoms with Gasteiger partial charge in [-0.3, -0.25) is 0 Å². The van der Waals surface area contributed by atoms with Crippen molar-refractivity contribution >= 4 is 29.4 Å². The van der Waals surface area contributed by atoms with Crippen molar-refractivity contribution in [2.45, 2.75) is 0 Å². The molecule has 8 heteroatoms. The SMILES string of the molecule is N=Cc1cc(Nc2ccnc(-c3cccc(OCC(=O)O)c3)n2)ccc1N. The van der Waals surface area contributed by atoms with E-state index in [4.69, 9.17) is 21.0 Å². The van der Waals surface area contributed by atoms with Gasteiger partial charge in [-0.25, -0.2) is 14.8 Å². The number of carboxylic acid groups (broad SMARTS) is 1. The van der Waals surface area contributed by atoms with Crippen LogP contribution in [0.1, 0.15) is 5.56 Å². The van der Waals surface area contributed by atoms with Crippen LogP contribution in [0.3, 0.4) is 0 Å². The molecule has 0 fully saturated rings. The summed E-state index contributed by atoms with van der Waals surface area (Å²) >= 11 is 0. The molecule has 136 valence electrons. The number of nitrogens with one attached hydrogen (secondary N) is 2. The fraction of sp³-hybridized carbons (Fsp3) is 0.0526. The summed E-state index contributed by atoms with van der Waals surface area (Å²) in [5.74, 6) is 0.405. The van der Waals surface area contributed by atoms with Gasteiger partial charge < -0.3 is 26.3 Å². The molecule has 27 heavy (non-hydrogen) atoms. The van der Waals surface area contributed by atoms with Crippen LogP contribution in [0.4, 0.5) is 17.2 Å². The van der Waals surface area contributed by atoms with Gasteiger partial charge in [0.25, 0.3) is 0 Å². The number of nitrogens with zero attached hydrogens (tertiary/aromatic N) is 2. The van der Waals surface area contributed by atoms with E-state index in [9.17, 15) is 4.79 Å². The summed E-state index contributed by atoms with van der Waals surface area (Å²) in [5.41, 5.74) is 8.37. The fourth-order valence-corrected chi connectivity index (χ4v) is 2.36.